The Balaban J connectivity index is 2.34. The number of hydrogen-bond donors (Lipinski definition) is 2. The molecule has 0 saturated carbocycles. The van der Waals surface area contributed by atoms with Crippen LogP contribution in [-0.4, -0.2) is 4.98 Å². The molecule has 0 bridgehead atoms. The van der Waals surface area contributed by atoms with Crippen molar-refractivity contribution >= 4 is 63.0 Å². The lowest BCUT2D eigenvalue weighted by molar-refractivity contribution is 1.31. The van der Waals surface area contributed by atoms with Gasteiger partial charge in [0.15, 0.2) is 5.82 Å². The number of halogens is 3. The van der Waals surface area contributed by atoms with Crippen LogP contribution in [0.4, 0.5) is 17.2 Å². The van der Waals surface area contributed by atoms with Gasteiger partial charge in [0, 0.05) is 8.59 Å². The molecule has 0 unspecified atom stereocenters. The van der Waals surface area contributed by atoms with E-state index in [1.165, 1.54) is 0 Å². The van der Waals surface area contributed by atoms with Gasteiger partial charge in [-0.25, -0.2) is 4.98 Å². The Hall–Kier alpha value is -0.720. The lowest BCUT2D eigenvalue weighted by Gasteiger charge is -2.10. The van der Waals surface area contributed by atoms with E-state index in [4.69, 9.17) is 28.9 Å². The van der Waals surface area contributed by atoms with E-state index in [0.29, 0.717) is 21.7 Å². The largest absolute Gasteiger partial charge is 0.396 e. The molecule has 0 saturated heterocycles. The van der Waals surface area contributed by atoms with Crippen molar-refractivity contribution in [2.24, 2.45) is 0 Å². The molecule has 2 rings (SSSR count). The molecule has 3 nitrogen and oxygen atoms in total. The first-order valence-electron chi connectivity index (χ1n) is 4.70. The second-order valence-corrected chi connectivity index (χ2v) is 5.31. The first-order chi connectivity index (χ1) is 8.06. The fourth-order valence-corrected chi connectivity index (χ4v) is 2.42. The van der Waals surface area contributed by atoms with E-state index in [1.807, 2.05) is 12.1 Å². The van der Waals surface area contributed by atoms with E-state index < -0.39 is 0 Å². The van der Waals surface area contributed by atoms with Crippen LogP contribution in [0.25, 0.3) is 0 Å². The van der Waals surface area contributed by atoms with E-state index in [1.54, 1.807) is 18.2 Å². The molecule has 0 spiro atoms. The molecule has 88 valence electrons. The second-order valence-electron chi connectivity index (χ2n) is 3.32. The first kappa shape index (κ1) is 12.7. The number of rotatable bonds is 2. The number of hydrogen-bond acceptors (Lipinski definition) is 3. The van der Waals surface area contributed by atoms with Crippen molar-refractivity contribution in [3.05, 3.63) is 44.1 Å². The Morgan fingerprint density at radius 1 is 1.18 bits per heavy atom. The van der Waals surface area contributed by atoms with E-state index in [-0.39, 0.29) is 0 Å². The molecule has 1 aromatic heterocycles. The highest BCUT2D eigenvalue weighted by Gasteiger charge is 2.05. The molecule has 0 aliphatic rings. The van der Waals surface area contributed by atoms with Crippen LogP contribution in [0.2, 0.25) is 10.2 Å². The number of anilines is 3. The number of nitrogens with zero attached hydrogens (tertiary/aromatic N) is 1. The van der Waals surface area contributed by atoms with Gasteiger partial charge in [-0.3, -0.25) is 0 Å². The van der Waals surface area contributed by atoms with Crippen molar-refractivity contribution in [3.63, 3.8) is 0 Å². The SMILES string of the molecule is Nc1ccc(Cl)nc1Nc1ccc(Cl)cc1I. The molecule has 6 heteroatoms. The third-order valence-electron chi connectivity index (χ3n) is 2.08. The summed E-state index contributed by atoms with van der Waals surface area (Å²) in [5, 5.41) is 4.20. The lowest BCUT2D eigenvalue weighted by atomic mass is 10.3. The van der Waals surface area contributed by atoms with Gasteiger partial charge >= 0.3 is 0 Å². The summed E-state index contributed by atoms with van der Waals surface area (Å²) in [6.07, 6.45) is 0. The summed E-state index contributed by atoms with van der Waals surface area (Å²) in [6, 6.07) is 8.87. The number of benzene rings is 1. The second kappa shape index (κ2) is 5.29. The van der Waals surface area contributed by atoms with Gasteiger partial charge < -0.3 is 11.1 Å². The Morgan fingerprint density at radius 2 is 1.94 bits per heavy atom. The zero-order chi connectivity index (χ0) is 12.4. The Morgan fingerprint density at radius 3 is 2.65 bits per heavy atom. The van der Waals surface area contributed by atoms with Gasteiger partial charge in [-0.1, -0.05) is 23.2 Å². The van der Waals surface area contributed by atoms with Crippen LogP contribution in [0.15, 0.2) is 30.3 Å². The minimum absolute atomic E-state index is 0.394. The van der Waals surface area contributed by atoms with Crippen LogP contribution in [0.3, 0.4) is 0 Å². The number of nitrogen functional groups attached to an aromatic ring is 1. The molecule has 0 atom stereocenters. The average molecular weight is 380 g/mol. The van der Waals surface area contributed by atoms with Gasteiger partial charge in [0.2, 0.25) is 0 Å². The maximum atomic E-state index is 5.88. The average Bonchev–Trinajstić information content (AvgIpc) is 2.27. The Kier molecular flexibility index (Phi) is 3.96. The maximum absolute atomic E-state index is 5.88. The maximum Gasteiger partial charge on any atom is 0.155 e. The standard InChI is InChI=1S/C11H8Cl2IN3/c12-6-1-3-9(7(14)5-6)16-11-8(15)2-4-10(13)17-11/h1-5H,15H2,(H,16,17). The predicted octanol–water partition coefficient (Wildman–Crippen LogP) is 4.32. The summed E-state index contributed by atoms with van der Waals surface area (Å²) in [5.41, 5.74) is 7.23. The van der Waals surface area contributed by atoms with E-state index in [0.717, 1.165) is 9.26 Å². The van der Waals surface area contributed by atoms with Crippen molar-refractivity contribution in [1.29, 1.82) is 0 Å². The van der Waals surface area contributed by atoms with Crippen molar-refractivity contribution in [3.8, 4) is 0 Å². The molecule has 1 heterocycles. The van der Waals surface area contributed by atoms with Gasteiger partial charge in [0.05, 0.1) is 11.4 Å². The number of nitrogens with two attached hydrogens (primary N) is 1. The van der Waals surface area contributed by atoms with Crippen molar-refractivity contribution in [2.45, 2.75) is 0 Å². The van der Waals surface area contributed by atoms with Crippen molar-refractivity contribution in [2.75, 3.05) is 11.1 Å². The van der Waals surface area contributed by atoms with Gasteiger partial charge in [0.1, 0.15) is 5.15 Å². The predicted molar refractivity (Wildman–Crippen MR) is 81.1 cm³/mol. The Labute approximate surface area is 122 Å². The first-order valence-corrected chi connectivity index (χ1v) is 6.54. The molecule has 2 aromatic rings. The zero-order valence-electron chi connectivity index (χ0n) is 8.55. The van der Waals surface area contributed by atoms with E-state index in [2.05, 4.69) is 32.9 Å². The zero-order valence-corrected chi connectivity index (χ0v) is 12.2. The summed E-state index contributed by atoms with van der Waals surface area (Å²) in [5.74, 6) is 0.540. The summed E-state index contributed by atoms with van der Waals surface area (Å²) >= 11 is 13.9. The van der Waals surface area contributed by atoms with Crippen molar-refractivity contribution in [1.82, 2.24) is 4.98 Å². The van der Waals surface area contributed by atoms with E-state index in [9.17, 15) is 0 Å². The van der Waals surface area contributed by atoms with Crippen LogP contribution in [0.1, 0.15) is 0 Å². The quantitative estimate of drug-likeness (QED) is 0.603. The van der Waals surface area contributed by atoms with E-state index >= 15 is 0 Å². The molecular formula is C11H8Cl2IN3. The molecule has 17 heavy (non-hydrogen) atoms. The topological polar surface area (TPSA) is 50.9 Å². The fourth-order valence-electron chi connectivity index (χ4n) is 1.26. The third-order valence-corrected chi connectivity index (χ3v) is 3.41. The molecule has 0 aliphatic heterocycles. The van der Waals surface area contributed by atoms with Crippen LogP contribution >= 0.6 is 45.8 Å². The molecule has 3 N–H and O–H groups in total. The normalized spacial score (nSPS) is 10.3. The Bertz CT molecular complexity index is 560. The highest BCUT2D eigenvalue weighted by Crippen LogP contribution is 2.27. The fraction of sp³-hybridized carbons (Fsp3) is 0. The smallest absolute Gasteiger partial charge is 0.155 e. The highest BCUT2D eigenvalue weighted by molar-refractivity contribution is 14.1. The summed E-state index contributed by atoms with van der Waals surface area (Å²) in [4.78, 5) is 4.12. The number of pyridine rings is 1. The van der Waals surface area contributed by atoms with Gasteiger partial charge in [-0.2, -0.15) is 0 Å². The van der Waals surface area contributed by atoms with Gasteiger partial charge in [-0.15, -0.1) is 0 Å². The number of aromatic nitrogens is 1. The van der Waals surface area contributed by atoms with Crippen LogP contribution in [0, 0.1) is 3.57 Å². The monoisotopic (exact) mass is 379 g/mol. The van der Waals surface area contributed by atoms with Crippen LogP contribution in [-0.2, 0) is 0 Å². The minimum atomic E-state index is 0.394. The van der Waals surface area contributed by atoms with Crippen LogP contribution < -0.4 is 11.1 Å². The summed E-state index contributed by atoms with van der Waals surface area (Å²) in [7, 11) is 0. The third kappa shape index (κ3) is 3.14. The summed E-state index contributed by atoms with van der Waals surface area (Å²) in [6.45, 7) is 0. The highest BCUT2D eigenvalue weighted by atomic mass is 127. The van der Waals surface area contributed by atoms with Crippen LogP contribution in [0.5, 0.6) is 0 Å². The molecule has 0 fully saturated rings. The molecule has 1 aromatic carbocycles. The molecule has 0 aliphatic carbocycles. The van der Waals surface area contributed by atoms with Crippen molar-refractivity contribution < 1.29 is 0 Å². The molecular weight excluding hydrogens is 372 g/mol. The number of nitrogens with one attached hydrogen (secondary N) is 1. The lowest BCUT2D eigenvalue weighted by Crippen LogP contribution is -2.00. The summed E-state index contributed by atoms with van der Waals surface area (Å²) < 4.78 is 0.983. The molecule has 0 amide bonds. The minimum Gasteiger partial charge on any atom is -0.396 e. The molecule has 0 radical (unpaired) electrons. The van der Waals surface area contributed by atoms with Gasteiger partial charge in [0.25, 0.3) is 0 Å². The van der Waals surface area contributed by atoms with Gasteiger partial charge in [-0.05, 0) is 52.9 Å².